The van der Waals surface area contributed by atoms with E-state index in [1.54, 1.807) is 0 Å². The molecular formula is C20H41NO6Si7. The summed E-state index contributed by atoms with van der Waals surface area (Å²) < 4.78 is 39.5. The van der Waals surface area contributed by atoms with Gasteiger partial charge in [0.05, 0.1) is 0 Å². The smallest absolute Gasteiger partial charge is 0.422 e. The minimum Gasteiger partial charge on any atom is -0.422 e. The summed E-state index contributed by atoms with van der Waals surface area (Å²) in [7, 11) is -15.2. The fraction of sp³-hybridized carbons (Fsp3) is 0.400. The van der Waals surface area contributed by atoms with Crippen molar-refractivity contribution in [1.82, 2.24) is 0 Å². The Morgan fingerprint density at radius 1 is 0.559 bits per heavy atom. The first-order chi connectivity index (χ1) is 15.9. The van der Waals surface area contributed by atoms with Gasteiger partial charge in [0, 0.05) is 0 Å². The minimum atomic E-state index is -3.32. The van der Waals surface area contributed by atoms with Crippen LogP contribution < -0.4 is 15.8 Å². The molecule has 2 aromatic carbocycles. The highest BCUT2D eigenvalue weighted by molar-refractivity contribution is 6.98. The zero-order valence-corrected chi connectivity index (χ0v) is 29.5. The average Bonchev–Trinajstić information content (AvgIpc) is 2.72. The molecule has 2 aromatic rings. The van der Waals surface area contributed by atoms with Gasteiger partial charge in [0.1, 0.15) is 0 Å². The van der Waals surface area contributed by atoms with Crippen LogP contribution >= 0.6 is 0 Å². The molecule has 0 aliphatic carbocycles. The molecule has 0 saturated heterocycles. The van der Waals surface area contributed by atoms with Crippen molar-refractivity contribution < 1.29 is 24.7 Å². The summed E-state index contributed by atoms with van der Waals surface area (Å²) in [6, 6.07) is 20.3. The van der Waals surface area contributed by atoms with Crippen LogP contribution in [-0.4, -0.2) is 63.2 Å². The number of hydrogen-bond acceptors (Lipinski definition) is 7. The predicted molar refractivity (Wildman–Crippen MR) is 157 cm³/mol. The van der Waals surface area contributed by atoms with E-state index < -0.39 is 63.2 Å². The SMILES string of the molecule is C[SiH](C)O[SiH](O[SiH](C)C)O[Si](O[SiH](O[SiH](C)C)O[Si](C)(C)N)(c1ccccc1)c1ccccc1. The van der Waals surface area contributed by atoms with Gasteiger partial charge in [-0.15, -0.1) is 0 Å². The van der Waals surface area contributed by atoms with E-state index in [0.29, 0.717) is 0 Å². The second kappa shape index (κ2) is 13.8. The van der Waals surface area contributed by atoms with Crippen LogP contribution in [0.25, 0.3) is 0 Å². The van der Waals surface area contributed by atoms with Gasteiger partial charge in [-0.2, -0.15) is 0 Å². The molecule has 7 nitrogen and oxygen atoms in total. The number of hydrogen-bond donors (Lipinski definition) is 1. The number of nitrogens with two attached hydrogens (primary N) is 1. The monoisotopic (exact) mass is 587 g/mol. The highest BCUT2D eigenvalue weighted by atomic mass is 28.5. The van der Waals surface area contributed by atoms with E-state index in [-0.39, 0.29) is 0 Å². The number of benzene rings is 2. The number of rotatable bonds is 14. The van der Waals surface area contributed by atoms with Crippen molar-refractivity contribution in [2.45, 2.75) is 52.4 Å². The summed E-state index contributed by atoms with van der Waals surface area (Å²) in [6.45, 7) is 16.7. The summed E-state index contributed by atoms with van der Waals surface area (Å²) in [5, 5.41) is 8.35. The second-order valence-corrected chi connectivity index (χ2v) is 28.6. The fourth-order valence-electron chi connectivity index (χ4n) is 3.13. The van der Waals surface area contributed by atoms with Crippen LogP contribution in [-0.2, 0) is 24.7 Å². The minimum absolute atomic E-state index is 0.980. The molecule has 34 heavy (non-hydrogen) atoms. The Bertz CT molecular complexity index is 793. The van der Waals surface area contributed by atoms with Crippen LogP contribution in [0, 0.1) is 0 Å². The average molecular weight is 588 g/mol. The van der Waals surface area contributed by atoms with Gasteiger partial charge in [-0.3, -0.25) is 0 Å². The third kappa shape index (κ3) is 9.97. The molecule has 0 aliphatic rings. The fourth-order valence-corrected chi connectivity index (χ4v) is 21.5. The lowest BCUT2D eigenvalue weighted by atomic mass is 10.4. The quantitative estimate of drug-likeness (QED) is 0.335. The van der Waals surface area contributed by atoms with Gasteiger partial charge in [-0.05, 0) is 62.7 Å². The van der Waals surface area contributed by atoms with Crippen molar-refractivity contribution in [3.05, 3.63) is 60.7 Å². The Morgan fingerprint density at radius 3 is 1.26 bits per heavy atom. The molecule has 0 fully saturated rings. The first kappa shape index (κ1) is 29.9. The molecule has 0 saturated carbocycles. The van der Waals surface area contributed by atoms with E-state index in [1.165, 1.54) is 0 Å². The lowest BCUT2D eigenvalue weighted by Gasteiger charge is -2.39. The maximum absolute atomic E-state index is 7.00. The maximum atomic E-state index is 7.00. The van der Waals surface area contributed by atoms with Crippen molar-refractivity contribution in [2.75, 3.05) is 0 Å². The molecule has 14 heteroatoms. The van der Waals surface area contributed by atoms with Gasteiger partial charge in [-0.25, -0.2) is 0 Å². The molecule has 0 spiro atoms. The molecule has 1 atom stereocenters. The molecule has 1 unspecified atom stereocenters. The van der Waals surface area contributed by atoms with E-state index in [0.717, 1.165) is 10.4 Å². The van der Waals surface area contributed by atoms with E-state index in [9.17, 15) is 0 Å². The van der Waals surface area contributed by atoms with E-state index >= 15 is 0 Å². The predicted octanol–water partition coefficient (Wildman–Crippen LogP) is 1.39. The topological polar surface area (TPSA) is 81.4 Å². The van der Waals surface area contributed by atoms with E-state index in [2.05, 4.69) is 63.5 Å². The van der Waals surface area contributed by atoms with Gasteiger partial charge < -0.3 is 30.1 Å². The molecule has 2 rings (SSSR count). The van der Waals surface area contributed by atoms with E-state index in [1.807, 2.05) is 49.5 Å². The lowest BCUT2D eigenvalue weighted by Crippen LogP contribution is -2.69. The molecule has 0 aliphatic heterocycles. The Labute approximate surface area is 216 Å². The molecule has 2 N–H and O–H groups in total. The Morgan fingerprint density at radius 2 is 0.912 bits per heavy atom. The van der Waals surface area contributed by atoms with Crippen molar-refractivity contribution in [3.63, 3.8) is 0 Å². The second-order valence-electron chi connectivity index (χ2n) is 9.44. The maximum Gasteiger partial charge on any atom is 0.455 e. The summed E-state index contributed by atoms with van der Waals surface area (Å²) in [4.78, 5) is 0. The third-order valence-electron chi connectivity index (χ3n) is 4.38. The first-order valence-electron chi connectivity index (χ1n) is 11.8. The lowest BCUT2D eigenvalue weighted by molar-refractivity contribution is 0.246. The van der Waals surface area contributed by atoms with Crippen molar-refractivity contribution in [1.29, 1.82) is 0 Å². The highest BCUT2D eigenvalue weighted by Gasteiger charge is 2.49. The molecular weight excluding hydrogens is 547 g/mol. The molecule has 0 amide bonds. The van der Waals surface area contributed by atoms with Gasteiger partial charge >= 0.3 is 27.6 Å². The van der Waals surface area contributed by atoms with Crippen LogP contribution in [0.3, 0.4) is 0 Å². The van der Waals surface area contributed by atoms with Crippen LogP contribution in [0.4, 0.5) is 0 Å². The summed E-state index contributed by atoms with van der Waals surface area (Å²) in [6.07, 6.45) is 0. The third-order valence-corrected chi connectivity index (χ3v) is 23.2. The normalized spacial score (nSPS) is 13.9. The molecule has 0 heterocycles. The zero-order chi connectivity index (χ0) is 25.4. The largest absolute Gasteiger partial charge is 0.455 e. The van der Waals surface area contributed by atoms with E-state index in [4.69, 9.17) is 30.1 Å². The molecule has 190 valence electrons. The Kier molecular flexibility index (Phi) is 12.2. The molecule has 0 radical (unpaired) electrons. The summed E-state index contributed by atoms with van der Waals surface area (Å²) in [5.41, 5.74) is 0. The van der Waals surface area contributed by atoms with Crippen LogP contribution in [0.1, 0.15) is 0 Å². The molecule has 0 aromatic heterocycles. The standard InChI is InChI=1S/C20H41NO6Si7/c1-28(2)22-31(23-29(3)4)26-34(19-15-11-9-12-16-19,20-17-13-10-14-18-20)27-32(24-30(5)6)25-33(7,8)21/h9-18,28-32H,21H2,1-8H3. The van der Waals surface area contributed by atoms with Crippen LogP contribution in [0.5, 0.6) is 0 Å². The van der Waals surface area contributed by atoms with Gasteiger partial charge in [0.25, 0.3) is 8.48 Å². The Hall–Kier alpha value is -0.322. The summed E-state index contributed by atoms with van der Waals surface area (Å²) in [5.74, 6) is 0. The summed E-state index contributed by atoms with van der Waals surface area (Å²) >= 11 is 0. The van der Waals surface area contributed by atoms with Crippen molar-refractivity contribution >= 4 is 73.6 Å². The van der Waals surface area contributed by atoms with Crippen LogP contribution in [0.15, 0.2) is 60.7 Å². The Balaban J connectivity index is 2.66. The highest BCUT2D eigenvalue weighted by Crippen LogP contribution is 2.18. The van der Waals surface area contributed by atoms with Crippen molar-refractivity contribution in [3.8, 4) is 0 Å². The first-order valence-corrected chi connectivity index (χ1v) is 27.8. The van der Waals surface area contributed by atoms with Gasteiger partial charge in [0.15, 0.2) is 27.1 Å². The van der Waals surface area contributed by atoms with Gasteiger partial charge in [0.2, 0.25) is 0 Å². The molecule has 0 bridgehead atoms. The zero-order valence-electron chi connectivity index (χ0n) is 21.7. The van der Waals surface area contributed by atoms with Gasteiger partial charge in [-0.1, -0.05) is 60.7 Å². The van der Waals surface area contributed by atoms with Crippen LogP contribution in [0.2, 0.25) is 52.4 Å². The van der Waals surface area contributed by atoms with Crippen molar-refractivity contribution in [2.24, 2.45) is 5.40 Å².